The molecular formula is C25H33ClN4O4. The van der Waals surface area contributed by atoms with Gasteiger partial charge in [-0.2, -0.15) is 0 Å². The Bertz CT molecular complexity index is 976. The van der Waals surface area contributed by atoms with Gasteiger partial charge >= 0.3 is 12.0 Å². The van der Waals surface area contributed by atoms with E-state index < -0.39 is 12.0 Å². The second-order valence-corrected chi connectivity index (χ2v) is 9.75. The number of likely N-dealkylation sites (N-methyl/N-ethyl adjacent to an activating group) is 1. The molecule has 2 heterocycles. The molecule has 2 fully saturated rings. The first-order valence-corrected chi connectivity index (χ1v) is 12.4. The standard InChI is InChI=1S/C25H33ClN4O4/c1-4-34-24(32)21-20(28(3)25(33)27-22(21)17-8-10-19(26)11-9-17)15-29-12-13-30(16(2)14-29)23(31)18-6-5-7-18/h8-11,16,18,22H,4-7,12-15H2,1-3H3,(H,27,33)/t16-,22+/m1/s1. The number of halogens is 1. The number of rotatable bonds is 6. The van der Waals surface area contributed by atoms with Gasteiger partial charge in [0.2, 0.25) is 5.91 Å². The molecular weight excluding hydrogens is 456 g/mol. The average Bonchev–Trinajstić information content (AvgIpc) is 2.76. The first-order valence-electron chi connectivity index (χ1n) is 12.0. The molecule has 1 saturated carbocycles. The zero-order chi connectivity index (χ0) is 24.4. The van der Waals surface area contributed by atoms with Gasteiger partial charge in [0.05, 0.1) is 18.2 Å². The van der Waals surface area contributed by atoms with Crippen LogP contribution in [-0.2, 0) is 14.3 Å². The van der Waals surface area contributed by atoms with E-state index in [1.165, 1.54) is 4.90 Å². The van der Waals surface area contributed by atoms with E-state index in [0.29, 0.717) is 42.5 Å². The summed E-state index contributed by atoms with van der Waals surface area (Å²) < 4.78 is 5.40. The third kappa shape index (κ3) is 4.93. The molecule has 0 bridgehead atoms. The Morgan fingerprint density at radius 3 is 2.47 bits per heavy atom. The van der Waals surface area contributed by atoms with Crippen molar-refractivity contribution in [2.45, 2.75) is 45.2 Å². The number of hydrogen-bond donors (Lipinski definition) is 1. The monoisotopic (exact) mass is 488 g/mol. The maximum absolute atomic E-state index is 13.1. The van der Waals surface area contributed by atoms with Gasteiger partial charge in [0.15, 0.2) is 0 Å². The fraction of sp³-hybridized carbons (Fsp3) is 0.560. The molecule has 1 aromatic carbocycles. The van der Waals surface area contributed by atoms with Crippen LogP contribution in [0.1, 0.15) is 44.7 Å². The topological polar surface area (TPSA) is 82.2 Å². The van der Waals surface area contributed by atoms with Crippen LogP contribution in [0.3, 0.4) is 0 Å². The van der Waals surface area contributed by atoms with Crippen molar-refractivity contribution in [2.75, 3.05) is 39.8 Å². The summed E-state index contributed by atoms with van der Waals surface area (Å²) >= 11 is 6.05. The number of carbonyl (C=O) groups excluding carboxylic acids is 3. The van der Waals surface area contributed by atoms with E-state index in [0.717, 1.165) is 24.8 Å². The zero-order valence-corrected chi connectivity index (χ0v) is 20.8. The normalized spacial score (nSPS) is 24.1. The predicted octanol–water partition coefficient (Wildman–Crippen LogP) is 3.19. The van der Waals surface area contributed by atoms with Crippen molar-refractivity contribution in [1.82, 2.24) is 20.0 Å². The number of nitrogens with zero attached hydrogens (tertiary/aromatic N) is 3. The number of carbonyl (C=O) groups is 3. The van der Waals surface area contributed by atoms with Crippen LogP contribution in [0.25, 0.3) is 0 Å². The molecule has 9 heteroatoms. The highest BCUT2D eigenvalue weighted by Gasteiger charge is 2.39. The first kappa shape index (κ1) is 24.5. The number of nitrogens with one attached hydrogen (secondary N) is 1. The summed E-state index contributed by atoms with van der Waals surface area (Å²) in [6, 6.07) is 6.25. The summed E-state index contributed by atoms with van der Waals surface area (Å²) in [5.41, 5.74) is 1.80. The molecule has 2 atom stereocenters. The van der Waals surface area contributed by atoms with Gasteiger partial charge < -0.3 is 15.0 Å². The molecule has 8 nitrogen and oxygen atoms in total. The van der Waals surface area contributed by atoms with Crippen molar-refractivity contribution in [1.29, 1.82) is 0 Å². The van der Waals surface area contributed by atoms with Gasteiger partial charge in [0, 0.05) is 55.9 Å². The van der Waals surface area contributed by atoms with Crippen LogP contribution in [0.5, 0.6) is 0 Å². The Balaban J connectivity index is 1.60. The second kappa shape index (κ2) is 10.4. The van der Waals surface area contributed by atoms with Crippen LogP contribution in [0.4, 0.5) is 4.79 Å². The Kier molecular flexibility index (Phi) is 7.48. The first-order chi connectivity index (χ1) is 16.3. The van der Waals surface area contributed by atoms with E-state index in [1.807, 2.05) is 17.0 Å². The molecule has 0 spiro atoms. The summed E-state index contributed by atoms with van der Waals surface area (Å²) in [4.78, 5) is 44.5. The third-order valence-corrected chi connectivity index (χ3v) is 7.35. The fourth-order valence-electron chi connectivity index (χ4n) is 4.91. The van der Waals surface area contributed by atoms with Gasteiger partial charge in [-0.25, -0.2) is 9.59 Å². The molecule has 0 aromatic heterocycles. The van der Waals surface area contributed by atoms with Crippen LogP contribution in [0.2, 0.25) is 5.02 Å². The van der Waals surface area contributed by atoms with E-state index in [1.54, 1.807) is 26.1 Å². The van der Waals surface area contributed by atoms with Crippen LogP contribution < -0.4 is 5.32 Å². The number of hydrogen-bond acceptors (Lipinski definition) is 5. The fourth-order valence-corrected chi connectivity index (χ4v) is 5.03. The number of urea groups is 1. The molecule has 0 radical (unpaired) electrons. The molecule has 0 unspecified atom stereocenters. The minimum absolute atomic E-state index is 0.0725. The SMILES string of the molecule is CCOC(=O)C1=C(CN2CCN(C(=O)C3CCC3)[C@H](C)C2)N(C)C(=O)N[C@H]1c1ccc(Cl)cc1. The van der Waals surface area contributed by atoms with Crippen molar-refractivity contribution in [3.05, 3.63) is 46.1 Å². The molecule has 1 aliphatic carbocycles. The van der Waals surface area contributed by atoms with Crippen molar-refractivity contribution < 1.29 is 19.1 Å². The minimum atomic E-state index is -0.631. The third-order valence-electron chi connectivity index (χ3n) is 7.10. The summed E-state index contributed by atoms with van der Waals surface area (Å²) in [6.07, 6.45) is 3.12. The maximum Gasteiger partial charge on any atom is 0.338 e. The summed E-state index contributed by atoms with van der Waals surface area (Å²) in [6.45, 7) is 6.49. The maximum atomic E-state index is 13.1. The van der Waals surface area contributed by atoms with Crippen LogP contribution in [0.15, 0.2) is 35.5 Å². The Morgan fingerprint density at radius 2 is 1.88 bits per heavy atom. The van der Waals surface area contributed by atoms with Gasteiger partial charge in [0.25, 0.3) is 0 Å². The lowest BCUT2D eigenvalue weighted by atomic mass is 9.84. The van der Waals surface area contributed by atoms with Gasteiger partial charge in [-0.1, -0.05) is 30.2 Å². The van der Waals surface area contributed by atoms with Crippen LogP contribution in [0, 0.1) is 5.92 Å². The lowest BCUT2D eigenvalue weighted by Crippen LogP contribution is -2.57. The summed E-state index contributed by atoms with van der Waals surface area (Å²) in [5, 5.41) is 3.51. The van der Waals surface area contributed by atoms with Crippen molar-refractivity contribution in [3.8, 4) is 0 Å². The summed E-state index contributed by atoms with van der Waals surface area (Å²) in [7, 11) is 1.67. The highest BCUT2D eigenvalue weighted by atomic mass is 35.5. The molecule has 3 amide bonds. The molecule has 184 valence electrons. The number of amides is 3. The van der Waals surface area contributed by atoms with Crippen LogP contribution in [-0.4, -0.2) is 78.5 Å². The Morgan fingerprint density at radius 1 is 1.18 bits per heavy atom. The predicted molar refractivity (Wildman–Crippen MR) is 129 cm³/mol. The second-order valence-electron chi connectivity index (χ2n) is 9.32. The molecule has 1 saturated heterocycles. The molecule has 4 rings (SSSR count). The van der Waals surface area contributed by atoms with E-state index in [2.05, 4.69) is 17.1 Å². The lowest BCUT2D eigenvalue weighted by Gasteiger charge is -2.44. The molecule has 1 N–H and O–H groups in total. The Labute approximate surface area is 205 Å². The molecule has 3 aliphatic rings. The highest BCUT2D eigenvalue weighted by molar-refractivity contribution is 6.30. The van der Waals surface area contributed by atoms with Crippen LogP contribution >= 0.6 is 11.6 Å². The van der Waals surface area contributed by atoms with Gasteiger partial charge in [0.1, 0.15) is 0 Å². The highest BCUT2D eigenvalue weighted by Crippen LogP contribution is 2.33. The number of esters is 1. The molecule has 1 aromatic rings. The summed E-state index contributed by atoms with van der Waals surface area (Å²) in [5.74, 6) is -0.00151. The average molecular weight is 489 g/mol. The lowest BCUT2D eigenvalue weighted by molar-refractivity contribution is -0.142. The quantitative estimate of drug-likeness (QED) is 0.622. The smallest absolute Gasteiger partial charge is 0.338 e. The van der Waals surface area contributed by atoms with Gasteiger partial charge in [-0.05, 0) is 44.4 Å². The largest absolute Gasteiger partial charge is 0.463 e. The van der Waals surface area contributed by atoms with E-state index in [-0.39, 0.29) is 30.5 Å². The number of ether oxygens (including phenoxy) is 1. The molecule has 34 heavy (non-hydrogen) atoms. The van der Waals surface area contributed by atoms with Gasteiger partial charge in [-0.15, -0.1) is 0 Å². The number of benzene rings is 1. The van der Waals surface area contributed by atoms with E-state index in [9.17, 15) is 14.4 Å². The Hall–Kier alpha value is -2.58. The van der Waals surface area contributed by atoms with Crippen molar-refractivity contribution >= 4 is 29.5 Å². The minimum Gasteiger partial charge on any atom is -0.463 e. The van der Waals surface area contributed by atoms with Crippen molar-refractivity contribution in [3.63, 3.8) is 0 Å². The van der Waals surface area contributed by atoms with Crippen molar-refractivity contribution in [2.24, 2.45) is 5.92 Å². The van der Waals surface area contributed by atoms with E-state index >= 15 is 0 Å². The van der Waals surface area contributed by atoms with E-state index in [4.69, 9.17) is 16.3 Å². The molecule has 2 aliphatic heterocycles. The van der Waals surface area contributed by atoms with Gasteiger partial charge in [-0.3, -0.25) is 14.6 Å². The zero-order valence-electron chi connectivity index (χ0n) is 20.1. The number of piperazine rings is 1.